The summed E-state index contributed by atoms with van der Waals surface area (Å²) in [5, 5.41) is 24.6. The zero-order valence-corrected chi connectivity index (χ0v) is 20.7. The molecule has 35 heavy (non-hydrogen) atoms. The van der Waals surface area contributed by atoms with E-state index in [2.05, 4.69) is 61.9 Å². The topological polar surface area (TPSA) is 104 Å². The molecule has 2 aromatic heterocycles. The molecule has 0 aliphatic carbocycles. The van der Waals surface area contributed by atoms with Gasteiger partial charge in [0.05, 0.1) is 12.6 Å². The van der Waals surface area contributed by atoms with Crippen LogP contribution in [0.5, 0.6) is 5.75 Å². The first-order valence-electron chi connectivity index (χ1n) is 12.1. The maximum absolute atomic E-state index is 5.37. The normalized spacial score (nSPS) is 16.1. The summed E-state index contributed by atoms with van der Waals surface area (Å²) >= 11 is 0. The van der Waals surface area contributed by atoms with Gasteiger partial charge in [0.15, 0.2) is 17.5 Å². The van der Waals surface area contributed by atoms with Gasteiger partial charge in [0, 0.05) is 48.9 Å². The van der Waals surface area contributed by atoms with E-state index in [9.17, 15) is 0 Å². The Balaban J connectivity index is 1.49. The number of fused-ring (bicyclic) bond motifs is 1. The third-order valence-corrected chi connectivity index (χ3v) is 6.57. The molecule has 0 saturated carbocycles. The third kappa shape index (κ3) is 4.90. The number of H-pyrrole nitrogens is 1. The van der Waals surface area contributed by atoms with Crippen LogP contribution in [0.4, 0.5) is 11.6 Å². The molecule has 0 amide bonds. The van der Waals surface area contributed by atoms with Gasteiger partial charge in [-0.2, -0.15) is 5.10 Å². The molecule has 182 valence electrons. The van der Waals surface area contributed by atoms with Gasteiger partial charge in [-0.15, -0.1) is 10.2 Å². The van der Waals surface area contributed by atoms with Crippen molar-refractivity contribution in [3.63, 3.8) is 0 Å². The van der Waals surface area contributed by atoms with Gasteiger partial charge in [-0.1, -0.05) is 26.0 Å². The second kappa shape index (κ2) is 9.87. The number of aryl methyl sites for hydroxylation is 1. The molecule has 9 heteroatoms. The summed E-state index contributed by atoms with van der Waals surface area (Å²) in [6.07, 6.45) is 0. The first-order valence-corrected chi connectivity index (χ1v) is 12.1. The predicted octanol–water partition coefficient (Wildman–Crippen LogP) is 3.78. The Morgan fingerprint density at radius 2 is 2.06 bits per heavy atom. The lowest BCUT2D eigenvalue weighted by Gasteiger charge is -2.37. The molecule has 3 N–H and O–H groups in total. The number of benzene rings is 2. The van der Waals surface area contributed by atoms with Crippen LogP contribution in [0.25, 0.3) is 22.3 Å². The lowest BCUT2D eigenvalue weighted by atomic mass is 10.0. The summed E-state index contributed by atoms with van der Waals surface area (Å²) in [5.41, 5.74) is 3.97. The van der Waals surface area contributed by atoms with Crippen LogP contribution >= 0.6 is 0 Å². The van der Waals surface area contributed by atoms with E-state index in [0.717, 1.165) is 58.9 Å². The summed E-state index contributed by atoms with van der Waals surface area (Å²) in [6, 6.07) is 14.5. The average molecular weight is 473 g/mol. The predicted molar refractivity (Wildman–Crippen MR) is 139 cm³/mol. The summed E-state index contributed by atoms with van der Waals surface area (Å²) in [7, 11) is 1.68. The fourth-order valence-electron chi connectivity index (χ4n) is 4.44. The van der Waals surface area contributed by atoms with Crippen molar-refractivity contribution in [1.82, 2.24) is 30.7 Å². The lowest BCUT2D eigenvalue weighted by molar-refractivity contribution is 0.367. The SMILES string of the molecule is COc1cccc(CNc2nnc(-c3ccc4n[nH]c(C)c4c3)nc2N2CCNC(C(C)C)C2)c1. The number of piperazine rings is 1. The van der Waals surface area contributed by atoms with Crippen molar-refractivity contribution in [2.45, 2.75) is 33.4 Å². The van der Waals surface area contributed by atoms with Crippen molar-refractivity contribution in [2.75, 3.05) is 37.0 Å². The zero-order chi connectivity index (χ0) is 24.4. The van der Waals surface area contributed by atoms with Crippen LogP contribution in [0.15, 0.2) is 42.5 Å². The first kappa shape index (κ1) is 23.0. The highest BCUT2D eigenvalue weighted by Crippen LogP contribution is 2.28. The summed E-state index contributed by atoms with van der Waals surface area (Å²) in [5.74, 6) is 3.47. The van der Waals surface area contributed by atoms with E-state index in [0.29, 0.717) is 30.1 Å². The van der Waals surface area contributed by atoms with Crippen LogP contribution in [0, 0.1) is 12.8 Å². The molecule has 1 aliphatic heterocycles. The number of anilines is 2. The number of aromatic amines is 1. The number of hydrogen-bond donors (Lipinski definition) is 3. The Labute approximate surface area is 205 Å². The fourth-order valence-corrected chi connectivity index (χ4v) is 4.44. The van der Waals surface area contributed by atoms with Crippen molar-refractivity contribution < 1.29 is 4.74 Å². The van der Waals surface area contributed by atoms with Gasteiger partial charge in [-0.25, -0.2) is 4.98 Å². The van der Waals surface area contributed by atoms with Gasteiger partial charge >= 0.3 is 0 Å². The molecule has 1 aliphatic rings. The van der Waals surface area contributed by atoms with Gasteiger partial charge in [0.1, 0.15) is 5.75 Å². The summed E-state index contributed by atoms with van der Waals surface area (Å²) < 4.78 is 5.37. The van der Waals surface area contributed by atoms with Gasteiger partial charge in [0.2, 0.25) is 0 Å². The molecule has 1 atom stereocenters. The highest BCUT2D eigenvalue weighted by Gasteiger charge is 2.26. The summed E-state index contributed by atoms with van der Waals surface area (Å²) in [4.78, 5) is 7.35. The fraction of sp³-hybridized carbons (Fsp3) is 0.385. The largest absolute Gasteiger partial charge is 0.497 e. The molecule has 5 rings (SSSR count). The Bertz CT molecular complexity index is 1320. The Hall–Kier alpha value is -3.72. The van der Waals surface area contributed by atoms with Gasteiger partial charge in [-0.3, -0.25) is 5.10 Å². The third-order valence-electron chi connectivity index (χ3n) is 6.57. The highest BCUT2D eigenvalue weighted by atomic mass is 16.5. The van der Waals surface area contributed by atoms with E-state index in [1.807, 2.05) is 37.3 Å². The summed E-state index contributed by atoms with van der Waals surface area (Å²) in [6.45, 7) is 9.72. The molecule has 9 nitrogen and oxygen atoms in total. The highest BCUT2D eigenvalue weighted by molar-refractivity contribution is 5.85. The zero-order valence-electron chi connectivity index (χ0n) is 20.7. The van der Waals surface area contributed by atoms with Crippen molar-refractivity contribution >= 4 is 22.5 Å². The number of aromatic nitrogens is 5. The molecule has 1 fully saturated rings. The number of rotatable bonds is 7. The quantitative estimate of drug-likeness (QED) is 0.373. The molecule has 0 spiro atoms. The first-order chi connectivity index (χ1) is 17.0. The van der Waals surface area contributed by atoms with Crippen molar-refractivity contribution in [3.05, 3.63) is 53.7 Å². The van der Waals surface area contributed by atoms with E-state index in [1.54, 1.807) is 7.11 Å². The van der Waals surface area contributed by atoms with E-state index in [-0.39, 0.29) is 0 Å². The van der Waals surface area contributed by atoms with Crippen LogP contribution in [-0.2, 0) is 6.54 Å². The van der Waals surface area contributed by atoms with Crippen LogP contribution in [0.1, 0.15) is 25.1 Å². The molecule has 1 saturated heterocycles. The van der Waals surface area contributed by atoms with E-state index >= 15 is 0 Å². The monoisotopic (exact) mass is 472 g/mol. The number of nitrogens with zero attached hydrogens (tertiary/aromatic N) is 5. The molecule has 3 heterocycles. The molecular weight excluding hydrogens is 440 g/mol. The maximum Gasteiger partial charge on any atom is 0.192 e. The maximum atomic E-state index is 5.37. The molecule has 2 aromatic carbocycles. The number of ether oxygens (including phenoxy) is 1. The smallest absolute Gasteiger partial charge is 0.192 e. The van der Waals surface area contributed by atoms with Crippen LogP contribution in [-0.4, -0.2) is 58.2 Å². The molecule has 1 unspecified atom stereocenters. The minimum absolute atomic E-state index is 0.387. The number of hydrogen-bond acceptors (Lipinski definition) is 8. The number of methoxy groups -OCH3 is 1. The molecule has 4 aromatic rings. The van der Waals surface area contributed by atoms with Gasteiger partial charge < -0.3 is 20.3 Å². The standard InChI is InChI=1S/C26H32N8O/c1-16(2)23-15-34(11-10-27-23)26-25(28-14-18-6-5-7-20(12-18)35-4)33-32-24(29-26)19-8-9-22-21(13-19)17(3)30-31-22/h5-9,12-13,16,23,27H,10-11,14-15H2,1-4H3,(H,28,33)(H,30,31). The second-order valence-electron chi connectivity index (χ2n) is 9.34. The van der Waals surface area contributed by atoms with Crippen LogP contribution in [0.2, 0.25) is 0 Å². The lowest BCUT2D eigenvalue weighted by Crippen LogP contribution is -2.53. The van der Waals surface area contributed by atoms with Crippen LogP contribution in [0.3, 0.4) is 0 Å². The number of nitrogens with one attached hydrogen (secondary N) is 3. The average Bonchev–Trinajstić information content (AvgIpc) is 3.27. The van der Waals surface area contributed by atoms with Crippen LogP contribution < -0.4 is 20.3 Å². The molecular formula is C26H32N8O. The van der Waals surface area contributed by atoms with E-state index in [4.69, 9.17) is 9.72 Å². The van der Waals surface area contributed by atoms with E-state index in [1.165, 1.54) is 0 Å². The van der Waals surface area contributed by atoms with Crippen molar-refractivity contribution in [3.8, 4) is 17.1 Å². The Kier molecular flexibility index (Phi) is 6.50. The van der Waals surface area contributed by atoms with Crippen molar-refractivity contribution in [2.24, 2.45) is 5.92 Å². The minimum atomic E-state index is 0.387. The van der Waals surface area contributed by atoms with E-state index < -0.39 is 0 Å². The molecule has 0 bridgehead atoms. The second-order valence-corrected chi connectivity index (χ2v) is 9.34. The molecule has 0 radical (unpaired) electrons. The Morgan fingerprint density at radius 1 is 1.17 bits per heavy atom. The minimum Gasteiger partial charge on any atom is -0.497 e. The Morgan fingerprint density at radius 3 is 2.89 bits per heavy atom. The van der Waals surface area contributed by atoms with Gasteiger partial charge in [0.25, 0.3) is 0 Å². The van der Waals surface area contributed by atoms with Crippen molar-refractivity contribution in [1.29, 1.82) is 0 Å². The van der Waals surface area contributed by atoms with Gasteiger partial charge in [-0.05, 0) is 48.7 Å².